The minimum absolute atomic E-state index is 0.0326. The fraction of sp³-hybridized carbons (Fsp3) is 0.696. The number of carbonyl (C=O) groups excluding carboxylic acids is 2. The number of ether oxygens (including phenoxy) is 1. The molecule has 0 heterocycles. The van der Waals surface area contributed by atoms with E-state index in [0.717, 1.165) is 141 Å². The Labute approximate surface area is 549 Å². The largest absolute Gasteiger partial charge is 0.756 e. The molecule has 0 fully saturated rings. The molecule has 0 aromatic carbocycles. The highest BCUT2D eigenvalue weighted by Crippen LogP contribution is 2.38. The number of hydrogen-bond donors (Lipinski definition) is 1. The predicted molar refractivity (Wildman–Crippen MR) is 385 cm³/mol. The van der Waals surface area contributed by atoms with E-state index in [2.05, 4.69) is 148 Å². The van der Waals surface area contributed by atoms with Crippen LogP contribution < -0.4 is 10.2 Å². The Morgan fingerprint density at radius 3 is 1.10 bits per heavy atom. The van der Waals surface area contributed by atoms with Crippen LogP contribution in [-0.2, 0) is 27.9 Å². The van der Waals surface area contributed by atoms with Gasteiger partial charge in [-0.3, -0.25) is 14.2 Å². The number of esters is 1. The van der Waals surface area contributed by atoms with Gasteiger partial charge in [-0.15, -0.1) is 0 Å². The molecule has 0 saturated heterocycles. The van der Waals surface area contributed by atoms with E-state index in [9.17, 15) is 19.0 Å². The van der Waals surface area contributed by atoms with Crippen molar-refractivity contribution < 1.29 is 37.3 Å². The average molecular weight is 1260 g/mol. The molecule has 3 unspecified atom stereocenters. The molecule has 0 aliphatic carbocycles. The van der Waals surface area contributed by atoms with Crippen LogP contribution in [0.25, 0.3) is 0 Å². The fourth-order valence-electron chi connectivity index (χ4n) is 9.98. The average Bonchev–Trinajstić information content (AvgIpc) is 3.62. The van der Waals surface area contributed by atoms with Crippen molar-refractivity contribution in [2.24, 2.45) is 0 Å². The summed E-state index contributed by atoms with van der Waals surface area (Å²) in [6.07, 6.45) is 95.8. The first kappa shape index (κ1) is 85.2. The van der Waals surface area contributed by atoms with Gasteiger partial charge in [0, 0.05) is 12.8 Å². The van der Waals surface area contributed by atoms with Crippen LogP contribution >= 0.6 is 7.82 Å². The maximum atomic E-state index is 13.6. The Kier molecular flexibility index (Phi) is 64.2. The first-order valence-corrected chi connectivity index (χ1v) is 38.0. The van der Waals surface area contributed by atoms with E-state index in [1.807, 2.05) is 33.3 Å². The van der Waals surface area contributed by atoms with Gasteiger partial charge in [-0.05, 0) is 128 Å². The molecule has 1 N–H and O–H groups in total. The lowest BCUT2D eigenvalue weighted by Crippen LogP contribution is -2.47. The highest BCUT2D eigenvalue weighted by atomic mass is 31.2. The van der Waals surface area contributed by atoms with Crippen molar-refractivity contribution in [2.45, 2.75) is 315 Å². The second-order valence-corrected chi connectivity index (χ2v) is 26.8. The second-order valence-electron chi connectivity index (χ2n) is 25.4. The summed E-state index contributed by atoms with van der Waals surface area (Å²) in [4.78, 5) is 40.2. The third-order valence-corrected chi connectivity index (χ3v) is 16.5. The molecule has 0 aromatic rings. The molecule has 0 radical (unpaired) electrons. The molecular formula is C79H137N2O7P. The van der Waals surface area contributed by atoms with Gasteiger partial charge >= 0.3 is 5.97 Å². The van der Waals surface area contributed by atoms with Crippen LogP contribution in [0.5, 0.6) is 0 Å². The fourth-order valence-corrected chi connectivity index (χ4v) is 10.7. The van der Waals surface area contributed by atoms with Crippen molar-refractivity contribution in [3.8, 4) is 0 Å². The molecule has 89 heavy (non-hydrogen) atoms. The Bertz CT molecular complexity index is 1990. The normalized spacial score (nSPS) is 14.3. The van der Waals surface area contributed by atoms with E-state index in [4.69, 9.17) is 13.8 Å². The molecule has 0 aromatic heterocycles. The zero-order valence-corrected chi connectivity index (χ0v) is 59.2. The Morgan fingerprint density at radius 1 is 0.404 bits per heavy atom. The van der Waals surface area contributed by atoms with Crippen molar-refractivity contribution in [1.82, 2.24) is 5.32 Å². The number of likely N-dealkylation sites (N-methyl/N-ethyl adjacent to an activating group) is 1. The second kappa shape index (κ2) is 67.1. The van der Waals surface area contributed by atoms with Crippen LogP contribution in [0.4, 0.5) is 0 Å². The molecule has 3 atom stereocenters. The van der Waals surface area contributed by atoms with Crippen molar-refractivity contribution in [1.29, 1.82) is 0 Å². The topological polar surface area (TPSA) is 114 Å². The number of hydrogen-bond acceptors (Lipinski definition) is 7. The van der Waals surface area contributed by atoms with Crippen LogP contribution in [0.1, 0.15) is 303 Å². The molecule has 510 valence electrons. The summed E-state index contributed by atoms with van der Waals surface area (Å²) in [5, 5.41) is 3.03. The first-order valence-electron chi connectivity index (χ1n) is 36.5. The summed E-state index contributed by atoms with van der Waals surface area (Å²) in [7, 11) is 1.16. The van der Waals surface area contributed by atoms with Crippen molar-refractivity contribution >= 4 is 19.7 Å². The summed E-state index contributed by atoms with van der Waals surface area (Å²) >= 11 is 0. The minimum Gasteiger partial charge on any atom is -0.756 e. The van der Waals surface area contributed by atoms with Crippen LogP contribution in [-0.4, -0.2) is 69.4 Å². The van der Waals surface area contributed by atoms with E-state index >= 15 is 0 Å². The third-order valence-electron chi connectivity index (χ3n) is 15.6. The zero-order valence-electron chi connectivity index (χ0n) is 58.3. The standard InChI is InChI=1S/C79H137N2O7P/c1-7-10-13-16-19-22-25-27-29-31-33-35-37-39-40-42-44-46-48-50-52-54-57-60-63-66-69-72-79(83)88-77(70-67-64-61-58-55-24-21-18-15-12-9-3)76(75-87-89(84,85)86-74-73-81(4,5)6)80-78(82)71-68-65-62-59-56-53-51-49-47-45-43-41-38-36-34-32-30-28-26-23-20-17-14-11-8-2/h11,14,19-20,22-23,27-30,33-36,39-41,43,47,49,67,70,76-77H,7-10,12-13,15-18,21,24-26,31-32,37-38,42,44-46,48,50-66,68-69,71-75H2,1-6H3,(H-,80,82,84,85)/b14-11-,22-19-,23-20-,29-27-,30-28-,35-33-,36-34-,40-39-,43-41-,49-47-,70-67+. The molecular weight excluding hydrogens is 1120 g/mol. The third kappa shape index (κ3) is 68.4. The molecule has 0 aliphatic heterocycles. The van der Waals surface area contributed by atoms with Gasteiger partial charge in [0.2, 0.25) is 5.91 Å². The van der Waals surface area contributed by atoms with E-state index in [0.29, 0.717) is 23.9 Å². The summed E-state index contributed by atoms with van der Waals surface area (Å²) in [6.45, 7) is 6.69. The lowest BCUT2D eigenvalue weighted by molar-refractivity contribution is -0.870. The van der Waals surface area contributed by atoms with Crippen LogP contribution in [0.3, 0.4) is 0 Å². The number of amides is 1. The summed E-state index contributed by atoms with van der Waals surface area (Å²) < 4.78 is 30.4. The van der Waals surface area contributed by atoms with Gasteiger partial charge < -0.3 is 28.5 Å². The number of quaternary nitrogens is 1. The van der Waals surface area contributed by atoms with Gasteiger partial charge in [0.15, 0.2) is 0 Å². The molecule has 0 aliphatic rings. The number of carbonyl (C=O) groups is 2. The predicted octanol–water partition coefficient (Wildman–Crippen LogP) is 22.9. The molecule has 0 rings (SSSR count). The van der Waals surface area contributed by atoms with Gasteiger partial charge in [0.05, 0.1) is 33.8 Å². The van der Waals surface area contributed by atoms with Gasteiger partial charge in [-0.25, -0.2) is 0 Å². The molecule has 1 amide bonds. The summed E-state index contributed by atoms with van der Waals surface area (Å²) in [5.41, 5.74) is 0. The van der Waals surface area contributed by atoms with Crippen molar-refractivity contribution in [3.05, 3.63) is 134 Å². The number of nitrogens with zero attached hydrogens (tertiary/aromatic N) is 1. The van der Waals surface area contributed by atoms with Crippen LogP contribution in [0.2, 0.25) is 0 Å². The van der Waals surface area contributed by atoms with Crippen LogP contribution in [0.15, 0.2) is 134 Å². The molecule has 0 bridgehead atoms. The lowest BCUT2D eigenvalue weighted by atomic mass is 10.0. The monoisotopic (exact) mass is 1260 g/mol. The Balaban J connectivity index is 5.05. The van der Waals surface area contributed by atoms with E-state index in [1.54, 1.807) is 0 Å². The number of unbranched alkanes of at least 4 members (excludes halogenated alkanes) is 29. The van der Waals surface area contributed by atoms with E-state index in [-0.39, 0.29) is 24.9 Å². The highest BCUT2D eigenvalue weighted by Gasteiger charge is 2.27. The molecule has 0 spiro atoms. The quantitative estimate of drug-likeness (QED) is 0.0212. The number of nitrogens with one attached hydrogen (secondary N) is 1. The van der Waals surface area contributed by atoms with Gasteiger partial charge in [-0.1, -0.05) is 296 Å². The zero-order chi connectivity index (χ0) is 64.9. The van der Waals surface area contributed by atoms with E-state index < -0.39 is 26.6 Å². The molecule has 10 heteroatoms. The SMILES string of the molecule is CC/C=C\C/C=C\C/C=C\C/C=C\C/C=C\C/C=C\CCCCCCCCC(=O)NC(COP(=O)([O-])OCC[N+](C)(C)C)C(/C=C/CCCCCCCCCCC)OC(=O)CCCCCCCCCCCCC/C=C\C/C=C\C/C=C\C/C=C\CCCCC. The maximum Gasteiger partial charge on any atom is 0.306 e. The van der Waals surface area contributed by atoms with E-state index in [1.165, 1.54) is 122 Å². The summed E-state index contributed by atoms with van der Waals surface area (Å²) in [6, 6.07) is -0.908. The van der Waals surface area contributed by atoms with Gasteiger partial charge in [-0.2, -0.15) is 0 Å². The minimum atomic E-state index is -4.72. The van der Waals surface area contributed by atoms with Crippen LogP contribution in [0, 0.1) is 0 Å². The lowest BCUT2D eigenvalue weighted by Gasteiger charge is -2.30. The molecule has 9 nitrogen and oxygen atoms in total. The van der Waals surface area contributed by atoms with Crippen molar-refractivity contribution in [3.63, 3.8) is 0 Å². The van der Waals surface area contributed by atoms with Gasteiger partial charge in [0.25, 0.3) is 7.82 Å². The number of allylic oxidation sites excluding steroid dienone is 21. The Hall–Kier alpha value is -3.85. The maximum absolute atomic E-state index is 13.6. The smallest absolute Gasteiger partial charge is 0.306 e. The Morgan fingerprint density at radius 2 is 0.719 bits per heavy atom. The molecule has 0 saturated carbocycles. The van der Waals surface area contributed by atoms with Gasteiger partial charge in [0.1, 0.15) is 19.3 Å². The summed E-state index contributed by atoms with van der Waals surface area (Å²) in [5.74, 6) is -0.565. The highest BCUT2D eigenvalue weighted by molar-refractivity contribution is 7.45. The number of phosphoric acid groups is 1. The first-order chi connectivity index (χ1) is 43.4. The number of rotatable bonds is 65. The number of phosphoric ester groups is 1. The van der Waals surface area contributed by atoms with Crippen molar-refractivity contribution in [2.75, 3.05) is 40.9 Å².